The van der Waals surface area contributed by atoms with Crippen molar-refractivity contribution in [1.29, 1.82) is 0 Å². The van der Waals surface area contributed by atoms with E-state index in [0.29, 0.717) is 0 Å². The van der Waals surface area contributed by atoms with Crippen LogP contribution in [-0.2, 0) is 10.8 Å². The van der Waals surface area contributed by atoms with Crippen LogP contribution in [0.2, 0.25) is 0 Å². The maximum absolute atomic E-state index is 6.92. The summed E-state index contributed by atoms with van der Waals surface area (Å²) in [6.07, 6.45) is 0. The first-order chi connectivity index (χ1) is 29.3. The van der Waals surface area contributed by atoms with E-state index in [1.54, 1.807) is 0 Å². The molecule has 2 nitrogen and oxygen atoms in total. The average Bonchev–Trinajstić information content (AvgIpc) is 3.96. The second-order valence-corrected chi connectivity index (χ2v) is 18.0. The summed E-state index contributed by atoms with van der Waals surface area (Å²) in [6, 6.07) is 65.4. The third kappa shape index (κ3) is 4.33. The Bertz CT molecular complexity index is 3480. The van der Waals surface area contributed by atoms with Crippen LogP contribution in [0.5, 0.6) is 0 Å². The number of benzene rings is 9. The number of para-hydroxylation sites is 1. The summed E-state index contributed by atoms with van der Waals surface area (Å²) in [5.41, 5.74) is 23.2. The highest BCUT2D eigenvalue weighted by atomic mass is 16.3. The summed E-state index contributed by atoms with van der Waals surface area (Å²) in [5, 5.41) is 4.80. The van der Waals surface area contributed by atoms with Crippen molar-refractivity contribution < 1.29 is 4.42 Å². The predicted molar refractivity (Wildman–Crippen MR) is 251 cm³/mol. The molecule has 0 saturated heterocycles. The molecule has 2 heteroatoms. The average molecular weight is 768 g/mol. The zero-order chi connectivity index (χ0) is 40.1. The molecule has 1 aromatic heterocycles. The molecule has 0 N–H and O–H groups in total. The highest BCUT2D eigenvalue weighted by Gasteiger charge is 2.39. The van der Waals surface area contributed by atoms with Crippen LogP contribution in [0, 0.1) is 0 Å². The standard InChI is InChI=1S/C58H41NO/c1-57(2)49-23-10-8-17-46(49)55-50(57)24-13-25-52(55)59(35-26-28-40-39-16-7-9-22-48(39)58(3,4)51(40)33-35)34-27-31-53-47(32-34)45-21-12-20-44(56(45)60-53)38-29-30-43-37-15-6-5-14-36(37)41-18-11-19-42(38)54(41)43/h5-33H,1-4H3. The molecule has 0 unspecified atom stereocenters. The van der Waals surface area contributed by atoms with Gasteiger partial charge in [-0.3, -0.25) is 0 Å². The number of nitrogens with zero attached hydrogens (tertiary/aromatic N) is 1. The maximum Gasteiger partial charge on any atom is 0.143 e. The van der Waals surface area contributed by atoms with Gasteiger partial charge >= 0.3 is 0 Å². The van der Waals surface area contributed by atoms with Crippen molar-refractivity contribution in [3.8, 4) is 55.6 Å². The molecule has 3 aliphatic rings. The normalized spacial score (nSPS) is 14.6. The van der Waals surface area contributed by atoms with Gasteiger partial charge in [-0.2, -0.15) is 0 Å². The van der Waals surface area contributed by atoms with Crippen molar-refractivity contribution in [1.82, 2.24) is 0 Å². The van der Waals surface area contributed by atoms with Crippen LogP contribution in [-0.4, -0.2) is 0 Å². The Morgan fingerprint density at radius 3 is 1.70 bits per heavy atom. The molecule has 3 aliphatic carbocycles. The number of rotatable bonds is 4. The van der Waals surface area contributed by atoms with E-state index < -0.39 is 0 Å². The zero-order valence-electron chi connectivity index (χ0n) is 34.1. The molecule has 9 aromatic carbocycles. The van der Waals surface area contributed by atoms with Crippen molar-refractivity contribution >= 4 is 49.8 Å². The van der Waals surface area contributed by atoms with Gasteiger partial charge in [-0.25, -0.2) is 0 Å². The van der Waals surface area contributed by atoms with Gasteiger partial charge in [0, 0.05) is 44.1 Å². The second-order valence-electron chi connectivity index (χ2n) is 18.0. The molecule has 13 rings (SSSR count). The Labute approximate surface area is 350 Å². The number of hydrogen-bond acceptors (Lipinski definition) is 2. The maximum atomic E-state index is 6.92. The summed E-state index contributed by atoms with van der Waals surface area (Å²) in [7, 11) is 0. The lowest BCUT2D eigenvalue weighted by molar-refractivity contribution is 0.660. The molecule has 284 valence electrons. The number of furan rings is 1. The minimum absolute atomic E-state index is 0.123. The van der Waals surface area contributed by atoms with E-state index in [0.717, 1.165) is 38.9 Å². The highest BCUT2D eigenvalue weighted by Crippen LogP contribution is 2.56. The minimum atomic E-state index is -0.132. The van der Waals surface area contributed by atoms with Gasteiger partial charge in [0.25, 0.3) is 0 Å². The summed E-state index contributed by atoms with van der Waals surface area (Å²) < 4.78 is 6.92. The summed E-state index contributed by atoms with van der Waals surface area (Å²) in [6.45, 7) is 9.46. The fraction of sp³-hybridized carbons (Fsp3) is 0.103. The predicted octanol–water partition coefficient (Wildman–Crippen LogP) is 16.1. The largest absolute Gasteiger partial charge is 0.455 e. The first-order valence-electron chi connectivity index (χ1n) is 21.2. The van der Waals surface area contributed by atoms with Crippen LogP contribution < -0.4 is 4.90 Å². The molecule has 0 bridgehead atoms. The van der Waals surface area contributed by atoms with E-state index >= 15 is 0 Å². The Kier molecular flexibility index (Phi) is 6.61. The van der Waals surface area contributed by atoms with Gasteiger partial charge < -0.3 is 9.32 Å². The Balaban J connectivity index is 1.03. The minimum Gasteiger partial charge on any atom is -0.455 e. The van der Waals surface area contributed by atoms with Gasteiger partial charge in [-0.1, -0.05) is 167 Å². The molecule has 0 fully saturated rings. The lowest BCUT2D eigenvalue weighted by Crippen LogP contribution is -2.17. The number of anilines is 3. The van der Waals surface area contributed by atoms with Crippen LogP contribution in [0.4, 0.5) is 17.1 Å². The molecule has 0 atom stereocenters. The molecule has 0 spiro atoms. The molecule has 60 heavy (non-hydrogen) atoms. The number of fused-ring (bicyclic) bond motifs is 12. The van der Waals surface area contributed by atoms with Gasteiger partial charge in [-0.05, 0) is 114 Å². The molecule has 0 aliphatic heterocycles. The molecule has 0 saturated carbocycles. The SMILES string of the molecule is CC1(C)c2ccccc2-c2ccc(N(c3ccc4oc5c(-c6ccc7c8c(cccc68)-c6ccccc6-7)cccc5c4c3)c3cccc4c3-c3ccccc3C4(C)C)cc21. The molecule has 10 aromatic rings. The number of hydrogen-bond donors (Lipinski definition) is 0. The van der Waals surface area contributed by atoms with Crippen molar-refractivity contribution in [3.63, 3.8) is 0 Å². The fourth-order valence-corrected chi connectivity index (χ4v) is 11.4. The molecule has 1 heterocycles. The van der Waals surface area contributed by atoms with Crippen LogP contribution in [0.15, 0.2) is 180 Å². The molecule has 0 amide bonds. The highest BCUT2D eigenvalue weighted by molar-refractivity contribution is 6.21. The van der Waals surface area contributed by atoms with Gasteiger partial charge in [0.15, 0.2) is 0 Å². The third-order valence-corrected chi connectivity index (χ3v) is 14.2. The third-order valence-electron chi connectivity index (χ3n) is 14.2. The summed E-state index contributed by atoms with van der Waals surface area (Å²) >= 11 is 0. The lowest BCUT2D eigenvalue weighted by Gasteiger charge is -2.30. The summed E-state index contributed by atoms with van der Waals surface area (Å²) in [5.74, 6) is 0. The van der Waals surface area contributed by atoms with Crippen molar-refractivity contribution in [2.24, 2.45) is 0 Å². The smallest absolute Gasteiger partial charge is 0.143 e. The monoisotopic (exact) mass is 767 g/mol. The van der Waals surface area contributed by atoms with Gasteiger partial charge in [0.05, 0.1) is 5.69 Å². The van der Waals surface area contributed by atoms with E-state index in [9.17, 15) is 0 Å². The second kappa shape index (κ2) is 11.7. The Morgan fingerprint density at radius 1 is 0.367 bits per heavy atom. The van der Waals surface area contributed by atoms with E-state index in [2.05, 4.69) is 209 Å². The Morgan fingerprint density at radius 2 is 0.900 bits per heavy atom. The van der Waals surface area contributed by atoms with Gasteiger partial charge in [0.1, 0.15) is 11.2 Å². The van der Waals surface area contributed by atoms with E-state index in [-0.39, 0.29) is 10.8 Å². The van der Waals surface area contributed by atoms with E-state index in [4.69, 9.17) is 4.42 Å². The van der Waals surface area contributed by atoms with Crippen LogP contribution in [0.3, 0.4) is 0 Å². The summed E-state index contributed by atoms with van der Waals surface area (Å²) in [4.78, 5) is 2.50. The first-order valence-corrected chi connectivity index (χ1v) is 21.2. The molecular formula is C58H41NO. The fourth-order valence-electron chi connectivity index (χ4n) is 11.4. The first kappa shape index (κ1) is 33.8. The van der Waals surface area contributed by atoms with Crippen LogP contribution in [0.25, 0.3) is 88.3 Å². The van der Waals surface area contributed by atoms with Crippen molar-refractivity contribution in [3.05, 3.63) is 198 Å². The van der Waals surface area contributed by atoms with Gasteiger partial charge in [-0.15, -0.1) is 0 Å². The van der Waals surface area contributed by atoms with Gasteiger partial charge in [0.2, 0.25) is 0 Å². The van der Waals surface area contributed by atoms with Crippen LogP contribution in [0.1, 0.15) is 49.9 Å². The molecule has 0 radical (unpaired) electrons. The topological polar surface area (TPSA) is 16.4 Å². The van der Waals surface area contributed by atoms with Crippen molar-refractivity contribution in [2.45, 2.75) is 38.5 Å². The quantitative estimate of drug-likeness (QED) is 0.177. The van der Waals surface area contributed by atoms with Crippen LogP contribution >= 0.6 is 0 Å². The van der Waals surface area contributed by atoms with Crippen molar-refractivity contribution in [2.75, 3.05) is 4.90 Å². The van der Waals surface area contributed by atoms with E-state index in [1.165, 1.54) is 88.8 Å². The lowest BCUT2D eigenvalue weighted by atomic mass is 9.82. The Hall–Kier alpha value is -7.16. The van der Waals surface area contributed by atoms with E-state index in [1.807, 2.05) is 0 Å². The zero-order valence-corrected chi connectivity index (χ0v) is 34.1. The molecular weight excluding hydrogens is 727 g/mol.